The Hall–Kier alpha value is -2.79. The molecule has 4 nitrogen and oxygen atoms in total. The zero-order valence-electron chi connectivity index (χ0n) is 16.3. The van der Waals surface area contributed by atoms with Gasteiger partial charge in [-0.1, -0.05) is 65.1 Å². The third-order valence-electron chi connectivity index (χ3n) is 5.16. The number of hydrogen-bond donors (Lipinski definition) is 1. The molecule has 0 aliphatic carbocycles. The van der Waals surface area contributed by atoms with Crippen LogP contribution < -0.4 is 4.90 Å². The van der Waals surface area contributed by atoms with E-state index in [-0.39, 0.29) is 11.3 Å². The van der Waals surface area contributed by atoms with E-state index in [1.54, 1.807) is 60.7 Å². The maximum absolute atomic E-state index is 13.1. The van der Waals surface area contributed by atoms with E-state index in [0.29, 0.717) is 31.9 Å². The minimum absolute atomic E-state index is 0.0358. The molecule has 0 aromatic heterocycles. The number of carbonyl (C=O) groups is 2. The molecule has 1 unspecified atom stereocenters. The molecular formula is C24H16Cl3NO3. The van der Waals surface area contributed by atoms with Crippen LogP contribution in [0, 0.1) is 6.92 Å². The van der Waals surface area contributed by atoms with Crippen LogP contribution >= 0.6 is 34.8 Å². The van der Waals surface area contributed by atoms with Crippen LogP contribution in [-0.4, -0.2) is 16.8 Å². The number of rotatable bonds is 3. The molecule has 1 aliphatic rings. The van der Waals surface area contributed by atoms with Gasteiger partial charge in [-0.2, -0.15) is 0 Å². The lowest BCUT2D eigenvalue weighted by Gasteiger charge is -2.26. The first-order valence-electron chi connectivity index (χ1n) is 9.36. The second-order valence-corrected chi connectivity index (χ2v) is 8.44. The molecule has 4 rings (SSSR count). The molecule has 1 heterocycles. The Morgan fingerprint density at radius 3 is 2.26 bits per heavy atom. The quantitative estimate of drug-likeness (QED) is 0.266. The van der Waals surface area contributed by atoms with E-state index >= 15 is 0 Å². The highest BCUT2D eigenvalue weighted by atomic mass is 35.5. The summed E-state index contributed by atoms with van der Waals surface area (Å²) in [4.78, 5) is 27.5. The smallest absolute Gasteiger partial charge is 0.300 e. The fraction of sp³-hybridized carbons (Fsp3) is 0.0833. The number of ketones is 1. The standard InChI is InChI=1S/C24H16Cl3NO3/c1-13-5-10-18(12-19(13)27)28-21(14-6-8-16(25)9-7-14)20(23(30)24(28)31)22(29)15-3-2-4-17(26)11-15/h2-12,21,29H,1H3/b22-20+. The second-order valence-electron chi connectivity index (χ2n) is 7.16. The lowest BCUT2D eigenvalue weighted by atomic mass is 9.95. The van der Waals surface area contributed by atoms with Gasteiger partial charge < -0.3 is 5.11 Å². The maximum atomic E-state index is 13.1. The number of aliphatic hydroxyl groups excluding tert-OH is 1. The van der Waals surface area contributed by atoms with Crippen LogP contribution in [0.1, 0.15) is 22.7 Å². The number of carbonyl (C=O) groups excluding carboxylic acids is 2. The van der Waals surface area contributed by atoms with E-state index in [4.69, 9.17) is 34.8 Å². The summed E-state index contributed by atoms with van der Waals surface area (Å²) < 4.78 is 0. The summed E-state index contributed by atoms with van der Waals surface area (Å²) in [7, 11) is 0. The SMILES string of the molecule is Cc1ccc(N2C(=O)C(=O)/C(=C(/O)c3cccc(Cl)c3)C2c2ccc(Cl)cc2)cc1Cl. The molecule has 156 valence electrons. The number of amides is 1. The molecule has 1 atom stereocenters. The third kappa shape index (κ3) is 3.94. The van der Waals surface area contributed by atoms with Crippen LogP contribution in [0.3, 0.4) is 0 Å². The summed E-state index contributed by atoms with van der Waals surface area (Å²) in [6.45, 7) is 1.84. The largest absolute Gasteiger partial charge is 0.507 e. The highest BCUT2D eigenvalue weighted by molar-refractivity contribution is 6.52. The van der Waals surface area contributed by atoms with E-state index in [9.17, 15) is 14.7 Å². The van der Waals surface area contributed by atoms with Crippen molar-refractivity contribution in [2.45, 2.75) is 13.0 Å². The van der Waals surface area contributed by atoms with Gasteiger partial charge in [0, 0.05) is 26.3 Å². The van der Waals surface area contributed by atoms with Gasteiger partial charge in [-0.3, -0.25) is 14.5 Å². The van der Waals surface area contributed by atoms with Gasteiger partial charge in [-0.15, -0.1) is 0 Å². The highest BCUT2D eigenvalue weighted by Gasteiger charge is 2.47. The number of anilines is 1. The molecule has 1 amide bonds. The van der Waals surface area contributed by atoms with Gasteiger partial charge >= 0.3 is 0 Å². The number of halogens is 3. The number of nitrogens with zero attached hydrogens (tertiary/aromatic N) is 1. The Bertz CT molecular complexity index is 1240. The van der Waals surface area contributed by atoms with Gasteiger partial charge in [0.1, 0.15) is 5.76 Å². The number of aliphatic hydroxyl groups is 1. The zero-order valence-corrected chi connectivity index (χ0v) is 18.5. The molecule has 0 bridgehead atoms. The fourth-order valence-electron chi connectivity index (χ4n) is 3.58. The van der Waals surface area contributed by atoms with Gasteiger partial charge in [0.2, 0.25) is 0 Å². The Morgan fingerprint density at radius 2 is 1.61 bits per heavy atom. The summed E-state index contributed by atoms with van der Waals surface area (Å²) in [5.41, 5.74) is 2.20. The van der Waals surface area contributed by atoms with Crippen molar-refractivity contribution in [2.24, 2.45) is 0 Å². The Balaban J connectivity index is 1.96. The molecule has 3 aromatic rings. The van der Waals surface area contributed by atoms with E-state index in [0.717, 1.165) is 5.56 Å². The van der Waals surface area contributed by atoms with Crippen molar-refractivity contribution in [3.05, 3.63) is 104 Å². The van der Waals surface area contributed by atoms with Crippen molar-refractivity contribution in [1.29, 1.82) is 0 Å². The van der Waals surface area contributed by atoms with Crippen molar-refractivity contribution >= 4 is 57.9 Å². The first-order valence-corrected chi connectivity index (χ1v) is 10.5. The summed E-state index contributed by atoms with van der Waals surface area (Å²) >= 11 is 18.4. The van der Waals surface area contributed by atoms with Crippen molar-refractivity contribution < 1.29 is 14.7 Å². The molecule has 0 radical (unpaired) electrons. The van der Waals surface area contributed by atoms with Crippen LogP contribution in [0.15, 0.2) is 72.3 Å². The molecule has 1 aliphatic heterocycles. The van der Waals surface area contributed by atoms with Crippen LogP contribution in [0.2, 0.25) is 15.1 Å². The van der Waals surface area contributed by atoms with Crippen molar-refractivity contribution in [3.63, 3.8) is 0 Å². The van der Waals surface area contributed by atoms with Crippen molar-refractivity contribution in [1.82, 2.24) is 0 Å². The van der Waals surface area contributed by atoms with E-state index in [1.165, 1.54) is 11.0 Å². The average molecular weight is 473 g/mol. The number of Topliss-reactive ketones (excluding diaryl/α,β-unsaturated/α-hetero) is 1. The molecule has 31 heavy (non-hydrogen) atoms. The number of benzene rings is 3. The second kappa shape index (κ2) is 8.39. The predicted molar refractivity (Wildman–Crippen MR) is 124 cm³/mol. The van der Waals surface area contributed by atoms with Crippen LogP contribution in [0.4, 0.5) is 5.69 Å². The monoisotopic (exact) mass is 471 g/mol. The van der Waals surface area contributed by atoms with Crippen LogP contribution in [0.5, 0.6) is 0 Å². The first-order chi connectivity index (χ1) is 14.8. The Kier molecular flexibility index (Phi) is 5.80. The predicted octanol–water partition coefficient (Wildman–Crippen LogP) is 6.58. The molecule has 1 N–H and O–H groups in total. The third-order valence-corrected chi connectivity index (χ3v) is 6.06. The van der Waals surface area contributed by atoms with Crippen molar-refractivity contribution in [2.75, 3.05) is 4.90 Å². The van der Waals surface area contributed by atoms with Gasteiger partial charge in [0.05, 0.1) is 11.6 Å². The number of aryl methyl sites for hydroxylation is 1. The normalized spacial score (nSPS) is 17.9. The van der Waals surface area contributed by atoms with E-state index in [2.05, 4.69) is 0 Å². The molecule has 1 saturated heterocycles. The Labute approximate surface area is 194 Å². The summed E-state index contributed by atoms with van der Waals surface area (Å²) in [6.07, 6.45) is 0. The van der Waals surface area contributed by atoms with Crippen LogP contribution in [-0.2, 0) is 9.59 Å². The minimum atomic E-state index is -0.866. The van der Waals surface area contributed by atoms with Crippen molar-refractivity contribution in [3.8, 4) is 0 Å². The topological polar surface area (TPSA) is 57.6 Å². The molecule has 0 saturated carbocycles. The molecule has 7 heteroatoms. The fourth-order valence-corrected chi connectivity index (χ4v) is 4.07. The first kappa shape index (κ1) is 21.4. The van der Waals surface area contributed by atoms with Gasteiger partial charge in [0.25, 0.3) is 11.7 Å². The summed E-state index contributed by atoms with van der Waals surface area (Å²) in [5, 5.41) is 12.4. The summed E-state index contributed by atoms with van der Waals surface area (Å²) in [5.74, 6) is -1.86. The van der Waals surface area contributed by atoms with Gasteiger partial charge in [0.15, 0.2) is 0 Å². The van der Waals surface area contributed by atoms with Crippen LogP contribution in [0.25, 0.3) is 5.76 Å². The lowest BCUT2D eigenvalue weighted by molar-refractivity contribution is -0.132. The number of hydrogen-bond acceptors (Lipinski definition) is 3. The lowest BCUT2D eigenvalue weighted by Crippen LogP contribution is -2.29. The minimum Gasteiger partial charge on any atom is -0.507 e. The van der Waals surface area contributed by atoms with Gasteiger partial charge in [-0.25, -0.2) is 0 Å². The Morgan fingerprint density at radius 1 is 0.903 bits per heavy atom. The molecule has 3 aromatic carbocycles. The zero-order chi connectivity index (χ0) is 22.3. The van der Waals surface area contributed by atoms with E-state index in [1.807, 2.05) is 6.92 Å². The molecule has 1 fully saturated rings. The summed E-state index contributed by atoms with van der Waals surface area (Å²) in [6, 6.07) is 17.5. The highest BCUT2D eigenvalue weighted by Crippen LogP contribution is 2.43. The van der Waals surface area contributed by atoms with E-state index < -0.39 is 17.7 Å². The van der Waals surface area contributed by atoms with Gasteiger partial charge in [-0.05, 0) is 54.4 Å². The average Bonchev–Trinajstić information content (AvgIpc) is 3.01. The maximum Gasteiger partial charge on any atom is 0.300 e. The molecule has 0 spiro atoms. The molecular weight excluding hydrogens is 457 g/mol.